The zero-order valence-electron chi connectivity index (χ0n) is 6.90. The lowest BCUT2D eigenvalue weighted by Gasteiger charge is -2.22. The lowest BCUT2D eigenvalue weighted by Crippen LogP contribution is -2.33. The Kier molecular flexibility index (Phi) is 3.76. The molecular weight excluding hydrogens is 124 g/mol. The molecule has 0 atom stereocenters. The fourth-order valence-corrected chi connectivity index (χ4v) is 1.41. The summed E-state index contributed by atoms with van der Waals surface area (Å²) in [6.45, 7) is 8.44. The van der Waals surface area contributed by atoms with Crippen LogP contribution in [0.25, 0.3) is 0 Å². The second-order valence-electron chi connectivity index (χ2n) is 2.89. The van der Waals surface area contributed by atoms with E-state index in [1.807, 2.05) is 0 Å². The van der Waals surface area contributed by atoms with Gasteiger partial charge in [-0.3, -0.25) is 0 Å². The predicted molar refractivity (Wildman–Crippen MR) is 44.2 cm³/mol. The molecule has 0 unspecified atom stereocenters. The molecule has 1 fully saturated rings. The summed E-state index contributed by atoms with van der Waals surface area (Å²) in [5.74, 6) is 0. The SMILES string of the molecule is CCN1CCCNCCC1. The predicted octanol–water partition coefficient (Wildman–Crippen LogP) is 0.692. The third-order valence-electron chi connectivity index (χ3n) is 2.10. The van der Waals surface area contributed by atoms with Crippen LogP contribution in [-0.4, -0.2) is 37.6 Å². The normalized spacial score (nSPS) is 23.7. The van der Waals surface area contributed by atoms with Gasteiger partial charge in [0, 0.05) is 0 Å². The molecule has 1 aliphatic rings. The van der Waals surface area contributed by atoms with E-state index in [0.717, 1.165) is 0 Å². The van der Waals surface area contributed by atoms with Crippen molar-refractivity contribution in [1.82, 2.24) is 10.2 Å². The maximum atomic E-state index is 3.41. The summed E-state index contributed by atoms with van der Waals surface area (Å²) in [4.78, 5) is 2.53. The van der Waals surface area contributed by atoms with Gasteiger partial charge in [0.05, 0.1) is 0 Å². The van der Waals surface area contributed by atoms with Gasteiger partial charge in [-0.25, -0.2) is 0 Å². The fraction of sp³-hybridized carbons (Fsp3) is 1.00. The Bertz CT molecular complexity index is 75.3. The first-order valence-electron chi connectivity index (χ1n) is 4.36. The Morgan fingerprint density at radius 1 is 1.20 bits per heavy atom. The first kappa shape index (κ1) is 8.02. The van der Waals surface area contributed by atoms with E-state index in [4.69, 9.17) is 0 Å². The van der Waals surface area contributed by atoms with Gasteiger partial charge in [-0.15, -0.1) is 0 Å². The topological polar surface area (TPSA) is 15.3 Å². The van der Waals surface area contributed by atoms with Crippen LogP contribution >= 0.6 is 0 Å². The molecule has 0 aliphatic carbocycles. The molecule has 0 saturated carbocycles. The molecule has 2 heteroatoms. The molecule has 0 spiro atoms. The van der Waals surface area contributed by atoms with Crippen molar-refractivity contribution in [2.75, 3.05) is 32.7 Å². The van der Waals surface area contributed by atoms with Crippen molar-refractivity contribution < 1.29 is 0 Å². The highest BCUT2D eigenvalue weighted by Gasteiger charge is 2.03. The van der Waals surface area contributed by atoms with Gasteiger partial charge in [0.25, 0.3) is 0 Å². The summed E-state index contributed by atoms with van der Waals surface area (Å²) in [7, 11) is 0. The zero-order valence-corrected chi connectivity index (χ0v) is 6.90. The Labute approximate surface area is 63.6 Å². The van der Waals surface area contributed by atoms with Crippen molar-refractivity contribution in [3.63, 3.8) is 0 Å². The van der Waals surface area contributed by atoms with Gasteiger partial charge in [0.2, 0.25) is 0 Å². The van der Waals surface area contributed by atoms with Crippen molar-refractivity contribution in [2.45, 2.75) is 19.8 Å². The first-order chi connectivity index (χ1) is 4.93. The van der Waals surface area contributed by atoms with Crippen LogP contribution in [0.5, 0.6) is 0 Å². The molecule has 0 aromatic rings. The molecule has 10 heavy (non-hydrogen) atoms. The van der Waals surface area contributed by atoms with Crippen LogP contribution in [0.2, 0.25) is 0 Å². The van der Waals surface area contributed by atoms with Crippen molar-refractivity contribution in [3.05, 3.63) is 0 Å². The van der Waals surface area contributed by atoms with E-state index >= 15 is 0 Å². The molecule has 0 amide bonds. The van der Waals surface area contributed by atoms with Crippen molar-refractivity contribution in [2.24, 2.45) is 0 Å². The molecule has 1 N–H and O–H groups in total. The largest absolute Gasteiger partial charge is 0.317 e. The molecule has 1 heterocycles. The number of nitrogens with zero attached hydrogens (tertiary/aromatic N) is 1. The van der Waals surface area contributed by atoms with Gasteiger partial charge >= 0.3 is 0 Å². The average molecular weight is 142 g/mol. The minimum atomic E-state index is 1.20. The van der Waals surface area contributed by atoms with E-state index < -0.39 is 0 Å². The van der Waals surface area contributed by atoms with Gasteiger partial charge in [-0.2, -0.15) is 0 Å². The van der Waals surface area contributed by atoms with Crippen molar-refractivity contribution >= 4 is 0 Å². The molecule has 0 aromatic heterocycles. The van der Waals surface area contributed by atoms with Crippen LogP contribution in [0, 0.1) is 0 Å². The van der Waals surface area contributed by atoms with Crippen molar-refractivity contribution in [3.8, 4) is 0 Å². The van der Waals surface area contributed by atoms with E-state index in [0.29, 0.717) is 0 Å². The molecule has 1 aliphatic heterocycles. The molecule has 2 nitrogen and oxygen atoms in total. The lowest BCUT2D eigenvalue weighted by atomic mass is 10.3. The minimum absolute atomic E-state index is 1.20. The van der Waals surface area contributed by atoms with Crippen LogP contribution in [0.1, 0.15) is 19.8 Å². The molecule has 0 aromatic carbocycles. The van der Waals surface area contributed by atoms with Gasteiger partial charge in [-0.05, 0) is 45.6 Å². The maximum absolute atomic E-state index is 3.41. The molecule has 0 bridgehead atoms. The average Bonchev–Trinajstić information content (AvgIpc) is 1.87. The Morgan fingerprint density at radius 2 is 1.80 bits per heavy atom. The minimum Gasteiger partial charge on any atom is -0.317 e. The summed E-state index contributed by atoms with van der Waals surface area (Å²) in [5.41, 5.74) is 0. The first-order valence-corrected chi connectivity index (χ1v) is 4.36. The summed E-state index contributed by atoms with van der Waals surface area (Å²) in [6.07, 6.45) is 2.63. The highest BCUT2D eigenvalue weighted by Crippen LogP contribution is 1.95. The van der Waals surface area contributed by atoms with Crippen LogP contribution in [0.4, 0.5) is 0 Å². The van der Waals surface area contributed by atoms with E-state index in [9.17, 15) is 0 Å². The molecular formula is C8H18N2. The lowest BCUT2D eigenvalue weighted by molar-refractivity contribution is 0.265. The third-order valence-corrected chi connectivity index (χ3v) is 2.10. The van der Waals surface area contributed by atoms with E-state index in [1.165, 1.54) is 45.6 Å². The summed E-state index contributed by atoms with van der Waals surface area (Å²) >= 11 is 0. The van der Waals surface area contributed by atoms with Gasteiger partial charge in [0.1, 0.15) is 0 Å². The molecule has 60 valence electrons. The standard InChI is InChI=1S/C8H18N2/c1-2-10-7-3-5-9-6-4-8-10/h9H,2-8H2,1H3. The molecule has 1 rings (SSSR count). The molecule has 1 saturated heterocycles. The number of rotatable bonds is 1. The number of nitrogens with one attached hydrogen (secondary N) is 1. The summed E-state index contributed by atoms with van der Waals surface area (Å²) in [5, 5.41) is 3.41. The van der Waals surface area contributed by atoms with E-state index in [1.54, 1.807) is 0 Å². The van der Waals surface area contributed by atoms with Crippen LogP contribution in [0.3, 0.4) is 0 Å². The van der Waals surface area contributed by atoms with E-state index in [2.05, 4.69) is 17.1 Å². The highest BCUT2D eigenvalue weighted by molar-refractivity contribution is 4.62. The van der Waals surface area contributed by atoms with Crippen LogP contribution < -0.4 is 5.32 Å². The number of hydrogen-bond donors (Lipinski definition) is 1. The zero-order chi connectivity index (χ0) is 7.23. The third kappa shape index (κ3) is 2.67. The monoisotopic (exact) mass is 142 g/mol. The fourth-order valence-electron chi connectivity index (χ4n) is 1.41. The number of hydrogen-bond acceptors (Lipinski definition) is 2. The maximum Gasteiger partial charge on any atom is -0.000675 e. The Morgan fingerprint density at radius 3 is 2.30 bits per heavy atom. The smallest absolute Gasteiger partial charge is 0.000675 e. The summed E-state index contributed by atoms with van der Waals surface area (Å²) < 4.78 is 0. The highest BCUT2D eigenvalue weighted by atomic mass is 15.1. The quantitative estimate of drug-likeness (QED) is 0.579. The Hall–Kier alpha value is -0.0800. The Balaban J connectivity index is 2.16. The van der Waals surface area contributed by atoms with Gasteiger partial charge < -0.3 is 10.2 Å². The second-order valence-corrected chi connectivity index (χ2v) is 2.89. The van der Waals surface area contributed by atoms with Crippen LogP contribution in [-0.2, 0) is 0 Å². The van der Waals surface area contributed by atoms with Crippen LogP contribution in [0.15, 0.2) is 0 Å². The second kappa shape index (κ2) is 4.69. The van der Waals surface area contributed by atoms with E-state index in [-0.39, 0.29) is 0 Å². The molecule has 0 radical (unpaired) electrons. The van der Waals surface area contributed by atoms with Crippen molar-refractivity contribution in [1.29, 1.82) is 0 Å². The van der Waals surface area contributed by atoms with Gasteiger partial charge in [0.15, 0.2) is 0 Å². The summed E-state index contributed by atoms with van der Waals surface area (Å²) in [6, 6.07) is 0. The van der Waals surface area contributed by atoms with Gasteiger partial charge in [-0.1, -0.05) is 6.92 Å².